The van der Waals surface area contributed by atoms with E-state index in [0.717, 1.165) is 6.42 Å². The summed E-state index contributed by atoms with van der Waals surface area (Å²) in [7, 11) is 0. The maximum atomic E-state index is 12.1. The van der Waals surface area contributed by atoms with E-state index in [4.69, 9.17) is 0 Å². The Morgan fingerprint density at radius 3 is 1.67 bits per heavy atom. The van der Waals surface area contributed by atoms with E-state index in [1.54, 1.807) is 0 Å². The summed E-state index contributed by atoms with van der Waals surface area (Å²) in [6.07, 6.45) is 1.12. The third kappa shape index (κ3) is 0.791. The van der Waals surface area contributed by atoms with Crippen molar-refractivity contribution in [1.29, 1.82) is 0 Å². The van der Waals surface area contributed by atoms with E-state index in [2.05, 4.69) is 31.9 Å². The highest BCUT2D eigenvalue weighted by Crippen LogP contribution is 2.70. The molecule has 4 saturated carbocycles. The number of carbonyl (C=O) groups is 2. The van der Waals surface area contributed by atoms with Gasteiger partial charge in [-0.1, -0.05) is 31.9 Å². The summed E-state index contributed by atoms with van der Waals surface area (Å²) in [6, 6.07) is 0. The summed E-state index contributed by atoms with van der Waals surface area (Å²) in [5.41, 5.74) is 0. The van der Waals surface area contributed by atoms with Crippen LogP contribution in [-0.4, -0.2) is 21.2 Å². The van der Waals surface area contributed by atoms with E-state index in [0.29, 0.717) is 35.2 Å². The second-order valence-electron chi connectivity index (χ2n) is 5.38. The van der Waals surface area contributed by atoms with Gasteiger partial charge in [0.25, 0.3) is 0 Å². The van der Waals surface area contributed by atoms with Gasteiger partial charge in [-0.2, -0.15) is 0 Å². The molecule has 4 heteroatoms. The molecule has 0 aromatic heterocycles. The molecule has 4 fully saturated rings. The Morgan fingerprint density at radius 2 is 1.27 bits per heavy atom. The van der Waals surface area contributed by atoms with Crippen molar-refractivity contribution in [1.82, 2.24) is 0 Å². The van der Waals surface area contributed by atoms with Gasteiger partial charge in [0.2, 0.25) is 0 Å². The van der Waals surface area contributed by atoms with Gasteiger partial charge in [-0.25, -0.2) is 0 Å². The van der Waals surface area contributed by atoms with Crippen LogP contribution in [0.25, 0.3) is 0 Å². The molecule has 4 aliphatic carbocycles. The number of Topliss-reactive ketones (excluding diaryl/α,β-unsaturated/α-hetero) is 2. The van der Waals surface area contributed by atoms with Crippen molar-refractivity contribution in [3.05, 3.63) is 0 Å². The van der Waals surface area contributed by atoms with Crippen LogP contribution in [0.15, 0.2) is 0 Å². The highest BCUT2D eigenvalue weighted by atomic mass is 79.9. The van der Waals surface area contributed by atoms with Gasteiger partial charge in [0, 0.05) is 11.8 Å². The van der Waals surface area contributed by atoms with Crippen LogP contribution in [0.5, 0.6) is 0 Å². The normalized spacial score (nSPS) is 64.7. The molecule has 2 bridgehead atoms. The lowest BCUT2D eigenvalue weighted by atomic mass is 9.79. The molecule has 15 heavy (non-hydrogen) atoms. The third-order valence-electron chi connectivity index (χ3n) is 5.16. The standard InChI is InChI=1S/C11H10Br2O2/c12-8-4-2-1-3-5(4)9(13)11(15)7(3)6(2)10(8)14/h2-9H,1H2/t2-,3-,4-,5+,6+,7+,8-,9-/m1/s1. The third-order valence-corrected chi connectivity index (χ3v) is 7.29. The molecule has 0 amide bonds. The Labute approximate surface area is 104 Å². The molecule has 8 atom stereocenters. The van der Waals surface area contributed by atoms with E-state index < -0.39 is 0 Å². The van der Waals surface area contributed by atoms with E-state index in [-0.39, 0.29) is 21.5 Å². The van der Waals surface area contributed by atoms with Crippen LogP contribution in [0.4, 0.5) is 0 Å². The lowest BCUT2D eigenvalue weighted by Gasteiger charge is -2.25. The number of alkyl halides is 2. The minimum atomic E-state index is 0.0284. The molecule has 4 aliphatic rings. The predicted octanol–water partition coefficient (Wildman–Crippen LogP) is 1.79. The average Bonchev–Trinajstić information content (AvgIpc) is 2.85. The first kappa shape index (κ1) is 9.34. The van der Waals surface area contributed by atoms with Gasteiger partial charge < -0.3 is 0 Å². The summed E-state index contributed by atoms with van der Waals surface area (Å²) >= 11 is 7.09. The van der Waals surface area contributed by atoms with Gasteiger partial charge >= 0.3 is 0 Å². The largest absolute Gasteiger partial charge is 0.298 e. The maximum Gasteiger partial charge on any atom is 0.150 e. The number of ketones is 2. The number of halogens is 2. The SMILES string of the molecule is O=C1[C@H]2[C@@H]3C[C@H]4[C@@H]2C(=O)[C@H](Br)[C@@H]4[C@@H]3[C@H]1Br. The summed E-state index contributed by atoms with van der Waals surface area (Å²) in [6.45, 7) is 0. The first-order chi connectivity index (χ1) is 7.13. The Balaban J connectivity index is 1.93. The van der Waals surface area contributed by atoms with Gasteiger partial charge in [0.1, 0.15) is 0 Å². The molecule has 0 radical (unpaired) electrons. The molecule has 0 aromatic rings. The summed E-state index contributed by atoms with van der Waals surface area (Å²) < 4.78 is 0. The number of fused-ring (bicyclic) bond motifs is 2. The molecular formula is C11H10Br2O2. The first-order valence-electron chi connectivity index (χ1n) is 5.48. The molecule has 0 aromatic carbocycles. The maximum absolute atomic E-state index is 12.1. The summed E-state index contributed by atoms with van der Waals surface area (Å²) in [5, 5.41) is 0. The molecule has 0 unspecified atom stereocenters. The van der Waals surface area contributed by atoms with Crippen molar-refractivity contribution in [2.45, 2.75) is 16.1 Å². The molecule has 80 valence electrons. The van der Waals surface area contributed by atoms with Gasteiger partial charge in [-0.15, -0.1) is 0 Å². The highest BCUT2D eigenvalue weighted by molar-refractivity contribution is 9.10. The van der Waals surface area contributed by atoms with Gasteiger partial charge in [-0.3, -0.25) is 9.59 Å². The zero-order chi connectivity index (χ0) is 10.5. The van der Waals surface area contributed by atoms with E-state index in [1.165, 1.54) is 0 Å². The van der Waals surface area contributed by atoms with Gasteiger partial charge in [0.15, 0.2) is 11.6 Å². The fourth-order valence-corrected chi connectivity index (χ4v) is 6.95. The molecule has 2 nitrogen and oxygen atoms in total. The molecule has 0 saturated heterocycles. The molecule has 0 aliphatic heterocycles. The Hall–Kier alpha value is 0.300. The number of hydrogen-bond donors (Lipinski definition) is 0. The van der Waals surface area contributed by atoms with Crippen molar-refractivity contribution in [2.75, 3.05) is 0 Å². The lowest BCUT2D eigenvalue weighted by Crippen LogP contribution is -2.29. The van der Waals surface area contributed by atoms with Crippen LogP contribution in [-0.2, 0) is 9.59 Å². The van der Waals surface area contributed by atoms with Crippen LogP contribution >= 0.6 is 31.9 Å². The van der Waals surface area contributed by atoms with Crippen LogP contribution in [0.1, 0.15) is 6.42 Å². The predicted molar refractivity (Wildman–Crippen MR) is 61.0 cm³/mol. The molecule has 4 rings (SSSR count). The zero-order valence-corrected chi connectivity index (χ0v) is 11.1. The van der Waals surface area contributed by atoms with E-state index >= 15 is 0 Å². The van der Waals surface area contributed by atoms with Crippen molar-refractivity contribution in [3.63, 3.8) is 0 Å². The number of hydrogen-bond acceptors (Lipinski definition) is 2. The lowest BCUT2D eigenvalue weighted by molar-refractivity contribution is -0.128. The Morgan fingerprint density at radius 1 is 0.867 bits per heavy atom. The highest BCUT2D eigenvalue weighted by Gasteiger charge is 2.74. The fourth-order valence-electron chi connectivity index (χ4n) is 4.85. The van der Waals surface area contributed by atoms with E-state index in [1.807, 2.05) is 0 Å². The summed E-state index contributed by atoms with van der Waals surface area (Å²) in [4.78, 5) is 24.2. The van der Waals surface area contributed by atoms with E-state index in [9.17, 15) is 9.59 Å². The topological polar surface area (TPSA) is 34.1 Å². The first-order valence-corrected chi connectivity index (χ1v) is 7.31. The molecule has 0 N–H and O–H groups in total. The second-order valence-corrected chi connectivity index (χ2v) is 7.35. The quantitative estimate of drug-likeness (QED) is 0.633. The van der Waals surface area contributed by atoms with Crippen LogP contribution in [0.3, 0.4) is 0 Å². The van der Waals surface area contributed by atoms with Crippen molar-refractivity contribution < 1.29 is 9.59 Å². The average molecular weight is 334 g/mol. The summed E-state index contributed by atoms with van der Waals surface area (Å²) in [5.74, 6) is 2.63. The smallest absolute Gasteiger partial charge is 0.150 e. The van der Waals surface area contributed by atoms with Gasteiger partial charge in [0.05, 0.1) is 9.65 Å². The van der Waals surface area contributed by atoms with Crippen molar-refractivity contribution in [3.8, 4) is 0 Å². The Bertz CT molecular complexity index is 358. The Kier molecular flexibility index (Phi) is 1.61. The molecule has 0 heterocycles. The van der Waals surface area contributed by atoms with Crippen LogP contribution in [0.2, 0.25) is 0 Å². The zero-order valence-electron chi connectivity index (χ0n) is 7.90. The van der Waals surface area contributed by atoms with Gasteiger partial charge in [-0.05, 0) is 30.1 Å². The van der Waals surface area contributed by atoms with Crippen molar-refractivity contribution in [2.24, 2.45) is 35.5 Å². The van der Waals surface area contributed by atoms with Crippen LogP contribution in [0, 0.1) is 35.5 Å². The van der Waals surface area contributed by atoms with Crippen LogP contribution < -0.4 is 0 Å². The molecule has 0 spiro atoms. The molecular weight excluding hydrogens is 324 g/mol. The minimum absolute atomic E-state index is 0.0284. The number of rotatable bonds is 0. The minimum Gasteiger partial charge on any atom is -0.298 e. The number of carbonyl (C=O) groups excluding carboxylic acids is 2. The second kappa shape index (κ2) is 2.58. The fraction of sp³-hybridized carbons (Fsp3) is 0.818. The van der Waals surface area contributed by atoms with Crippen molar-refractivity contribution >= 4 is 43.4 Å². The monoisotopic (exact) mass is 332 g/mol.